The molecule has 6 nitrogen and oxygen atoms in total. The third-order valence-corrected chi connectivity index (χ3v) is 5.40. The number of aryl methyl sites for hydroxylation is 2. The van der Waals surface area contributed by atoms with Gasteiger partial charge in [0, 0.05) is 11.8 Å². The van der Waals surface area contributed by atoms with Crippen LogP contribution in [-0.2, 0) is 0 Å². The van der Waals surface area contributed by atoms with E-state index in [0.717, 1.165) is 22.4 Å². The Balaban J connectivity index is 1.92. The number of ether oxygens (including phenoxy) is 2. The highest BCUT2D eigenvalue weighted by molar-refractivity contribution is 6.12. The third kappa shape index (κ3) is 3.20. The highest BCUT2D eigenvalue weighted by Gasteiger charge is 2.36. The molecule has 0 saturated carbocycles. The molecule has 1 amide bonds. The van der Waals surface area contributed by atoms with Gasteiger partial charge in [0.1, 0.15) is 23.4 Å². The molecule has 0 radical (unpaired) electrons. The SMILES string of the molecule is COc1ccc(N2C(=O)c3ccccc3N[C@@H]2c2cc(C)c(O)c(C)c2)c(OC)c1. The molecule has 30 heavy (non-hydrogen) atoms. The standard InChI is InChI=1S/C24H24N2O4/c1-14-11-16(12-15(2)22(14)27)23-25-19-8-6-5-7-18(19)24(28)26(23)20-10-9-17(29-3)13-21(20)30-4/h5-13,23,25,27H,1-4H3/t23-/m0/s1. The Labute approximate surface area is 175 Å². The molecule has 2 N–H and O–H groups in total. The average molecular weight is 404 g/mol. The molecule has 1 aliphatic rings. The van der Waals surface area contributed by atoms with Crippen molar-refractivity contribution in [3.63, 3.8) is 0 Å². The third-order valence-electron chi connectivity index (χ3n) is 5.40. The fourth-order valence-electron chi connectivity index (χ4n) is 3.87. The Morgan fingerprint density at radius 2 is 1.67 bits per heavy atom. The van der Waals surface area contributed by atoms with Crippen molar-refractivity contribution in [2.45, 2.75) is 20.0 Å². The first-order valence-corrected chi connectivity index (χ1v) is 9.66. The van der Waals surface area contributed by atoms with Crippen LogP contribution in [0.5, 0.6) is 17.2 Å². The van der Waals surface area contributed by atoms with Gasteiger partial charge in [0.05, 0.1) is 25.5 Å². The average Bonchev–Trinajstić information content (AvgIpc) is 2.76. The molecule has 154 valence electrons. The molecule has 3 aromatic rings. The summed E-state index contributed by atoms with van der Waals surface area (Å²) in [4.78, 5) is 15.3. The fourth-order valence-corrected chi connectivity index (χ4v) is 3.87. The molecule has 0 unspecified atom stereocenters. The second-order valence-electron chi connectivity index (χ2n) is 7.31. The van der Waals surface area contributed by atoms with Gasteiger partial charge < -0.3 is 19.9 Å². The number of benzene rings is 3. The molecule has 0 saturated heterocycles. The first-order valence-electron chi connectivity index (χ1n) is 9.66. The lowest BCUT2D eigenvalue weighted by molar-refractivity contribution is 0.0974. The van der Waals surface area contributed by atoms with Gasteiger partial charge in [-0.15, -0.1) is 0 Å². The van der Waals surface area contributed by atoms with E-state index in [2.05, 4.69) is 5.32 Å². The zero-order chi connectivity index (χ0) is 21.4. The maximum Gasteiger partial charge on any atom is 0.262 e. The van der Waals surface area contributed by atoms with Gasteiger partial charge >= 0.3 is 0 Å². The van der Waals surface area contributed by atoms with Crippen molar-refractivity contribution < 1.29 is 19.4 Å². The minimum absolute atomic E-state index is 0.138. The van der Waals surface area contributed by atoms with E-state index < -0.39 is 6.17 Å². The number of amides is 1. The summed E-state index contributed by atoms with van der Waals surface area (Å²) < 4.78 is 10.9. The molecular formula is C24H24N2O4. The summed E-state index contributed by atoms with van der Waals surface area (Å²) in [6.07, 6.45) is -0.479. The van der Waals surface area contributed by atoms with Crippen molar-refractivity contribution in [1.29, 1.82) is 0 Å². The van der Waals surface area contributed by atoms with E-state index in [1.54, 1.807) is 37.3 Å². The number of fused-ring (bicyclic) bond motifs is 1. The smallest absolute Gasteiger partial charge is 0.262 e. The van der Waals surface area contributed by atoms with Crippen molar-refractivity contribution in [2.24, 2.45) is 0 Å². The number of hydrogen-bond acceptors (Lipinski definition) is 5. The Morgan fingerprint density at radius 3 is 2.33 bits per heavy atom. The van der Waals surface area contributed by atoms with Crippen LogP contribution in [0.25, 0.3) is 0 Å². The van der Waals surface area contributed by atoms with Crippen LogP contribution >= 0.6 is 0 Å². The van der Waals surface area contributed by atoms with E-state index in [9.17, 15) is 9.90 Å². The van der Waals surface area contributed by atoms with Gasteiger partial charge in [0.2, 0.25) is 0 Å². The minimum atomic E-state index is -0.479. The number of para-hydroxylation sites is 1. The quantitative estimate of drug-likeness (QED) is 0.654. The molecule has 1 atom stereocenters. The number of phenolic OH excluding ortho intramolecular Hbond substituents is 1. The number of nitrogens with one attached hydrogen (secondary N) is 1. The van der Waals surface area contributed by atoms with E-state index in [1.165, 1.54) is 0 Å². The van der Waals surface area contributed by atoms with Crippen molar-refractivity contribution in [3.8, 4) is 17.2 Å². The lowest BCUT2D eigenvalue weighted by atomic mass is 9.98. The van der Waals surface area contributed by atoms with Crippen LogP contribution in [0.15, 0.2) is 54.6 Å². The fraction of sp³-hybridized carbons (Fsp3) is 0.208. The summed E-state index contributed by atoms with van der Waals surface area (Å²) in [5, 5.41) is 13.7. The molecule has 4 rings (SSSR count). The van der Waals surface area contributed by atoms with Gasteiger partial charge in [-0.3, -0.25) is 9.69 Å². The number of rotatable bonds is 4. The largest absolute Gasteiger partial charge is 0.507 e. The maximum absolute atomic E-state index is 13.6. The highest BCUT2D eigenvalue weighted by atomic mass is 16.5. The predicted molar refractivity (Wildman–Crippen MR) is 117 cm³/mol. The van der Waals surface area contributed by atoms with E-state index in [-0.39, 0.29) is 11.7 Å². The molecule has 0 aromatic heterocycles. The molecule has 0 bridgehead atoms. The number of carbonyl (C=O) groups is 1. The van der Waals surface area contributed by atoms with Crippen LogP contribution < -0.4 is 19.7 Å². The lowest BCUT2D eigenvalue weighted by Gasteiger charge is -2.39. The zero-order valence-corrected chi connectivity index (χ0v) is 17.4. The molecule has 6 heteroatoms. The number of methoxy groups -OCH3 is 2. The second-order valence-corrected chi connectivity index (χ2v) is 7.31. The number of anilines is 2. The van der Waals surface area contributed by atoms with Crippen LogP contribution in [0.2, 0.25) is 0 Å². The second kappa shape index (κ2) is 7.63. The predicted octanol–water partition coefficient (Wildman–Crippen LogP) is 4.80. The van der Waals surface area contributed by atoms with Gasteiger partial charge in [0.25, 0.3) is 5.91 Å². The van der Waals surface area contributed by atoms with Gasteiger partial charge in [0.15, 0.2) is 0 Å². The number of nitrogens with zero attached hydrogens (tertiary/aromatic N) is 1. The van der Waals surface area contributed by atoms with Crippen LogP contribution in [0, 0.1) is 13.8 Å². The van der Waals surface area contributed by atoms with Crippen molar-refractivity contribution in [1.82, 2.24) is 0 Å². The van der Waals surface area contributed by atoms with Crippen molar-refractivity contribution >= 4 is 17.3 Å². The summed E-state index contributed by atoms with van der Waals surface area (Å²) in [5.41, 5.74) is 4.33. The van der Waals surface area contributed by atoms with E-state index >= 15 is 0 Å². The maximum atomic E-state index is 13.6. The van der Waals surface area contributed by atoms with Gasteiger partial charge in [-0.05, 0) is 66.9 Å². The molecule has 0 spiro atoms. The van der Waals surface area contributed by atoms with Crippen LogP contribution in [0.1, 0.15) is 33.2 Å². The summed E-state index contributed by atoms with van der Waals surface area (Å²) in [6.45, 7) is 3.70. The molecular weight excluding hydrogens is 380 g/mol. The topological polar surface area (TPSA) is 71.0 Å². The summed E-state index contributed by atoms with van der Waals surface area (Å²) in [7, 11) is 3.15. The Kier molecular flexibility index (Phi) is 4.99. The van der Waals surface area contributed by atoms with Crippen LogP contribution in [-0.4, -0.2) is 25.2 Å². The molecule has 0 fully saturated rings. The molecule has 3 aromatic carbocycles. The summed E-state index contributed by atoms with van der Waals surface area (Å²) in [5.74, 6) is 1.29. The number of phenols is 1. The van der Waals surface area contributed by atoms with Gasteiger partial charge in [-0.2, -0.15) is 0 Å². The Bertz CT molecular complexity index is 1100. The highest BCUT2D eigenvalue weighted by Crippen LogP contribution is 2.42. The monoisotopic (exact) mass is 404 g/mol. The number of aromatic hydroxyl groups is 1. The zero-order valence-electron chi connectivity index (χ0n) is 17.4. The van der Waals surface area contributed by atoms with E-state index in [1.807, 2.05) is 50.2 Å². The Hall–Kier alpha value is -3.67. The van der Waals surface area contributed by atoms with E-state index in [4.69, 9.17) is 9.47 Å². The van der Waals surface area contributed by atoms with Crippen LogP contribution in [0.4, 0.5) is 11.4 Å². The first-order chi connectivity index (χ1) is 14.4. The molecule has 0 aliphatic carbocycles. The number of hydrogen-bond donors (Lipinski definition) is 2. The molecule has 1 aliphatic heterocycles. The Morgan fingerprint density at radius 1 is 0.967 bits per heavy atom. The van der Waals surface area contributed by atoms with Crippen molar-refractivity contribution in [2.75, 3.05) is 24.4 Å². The summed E-state index contributed by atoms with van der Waals surface area (Å²) >= 11 is 0. The van der Waals surface area contributed by atoms with Crippen LogP contribution in [0.3, 0.4) is 0 Å². The lowest BCUT2D eigenvalue weighted by Crippen LogP contribution is -2.43. The van der Waals surface area contributed by atoms with Crippen molar-refractivity contribution in [3.05, 3.63) is 76.9 Å². The normalized spacial score (nSPS) is 15.4. The molecule has 1 heterocycles. The van der Waals surface area contributed by atoms with Gasteiger partial charge in [-0.1, -0.05) is 12.1 Å². The summed E-state index contributed by atoms with van der Waals surface area (Å²) in [6, 6.07) is 16.6. The van der Waals surface area contributed by atoms with Gasteiger partial charge in [-0.25, -0.2) is 0 Å². The minimum Gasteiger partial charge on any atom is -0.507 e. The van der Waals surface area contributed by atoms with E-state index in [0.29, 0.717) is 22.7 Å². The number of carbonyl (C=O) groups excluding carboxylic acids is 1. The first kappa shape index (κ1) is 19.6.